The topological polar surface area (TPSA) is 76.6 Å². The molecule has 162 valence electrons. The maximum Gasteiger partial charge on any atom is 0.275 e. The third kappa shape index (κ3) is 3.65. The molecule has 0 amide bonds. The van der Waals surface area contributed by atoms with E-state index in [4.69, 9.17) is 0 Å². The second-order valence-corrected chi connectivity index (χ2v) is 10.8. The lowest BCUT2D eigenvalue weighted by molar-refractivity contribution is 0.161. The Bertz CT molecular complexity index is 1370. The van der Waals surface area contributed by atoms with Gasteiger partial charge in [0.05, 0.1) is 11.4 Å². The molecule has 4 aromatic rings. The Kier molecular flexibility index (Phi) is 4.36. The summed E-state index contributed by atoms with van der Waals surface area (Å²) in [6.45, 7) is 10.6. The van der Waals surface area contributed by atoms with Crippen LogP contribution in [-0.4, -0.2) is 35.1 Å². The van der Waals surface area contributed by atoms with Crippen LogP contribution in [0, 0.1) is 12.7 Å². The number of piperidine rings is 1. The van der Waals surface area contributed by atoms with Crippen LogP contribution in [0.25, 0.3) is 21.9 Å². The van der Waals surface area contributed by atoms with E-state index in [0.717, 1.165) is 23.5 Å². The van der Waals surface area contributed by atoms with Crippen LogP contribution in [0.1, 0.15) is 57.2 Å². The number of imidazole rings is 1. The first-order valence-corrected chi connectivity index (χ1v) is 11.2. The highest BCUT2D eigenvalue weighted by Crippen LogP contribution is 2.40. The molecule has 0 spiro atoms. The summed E-state index contributed by atoms with van der Waals surface area (Å²) in [5, 5.41) is 9.21. The van der Waals surface area contributed by atoms with Crippen LogP contribution in [-0.2, 0) is 0 Å². The first-order chi connectivity index (χ1) is 14.5. The Morgan fingerprint density at radius 2 is 1.84 bits per heavy atom. The van der Waals surface area contributed by atoms with Gasteiger partial charge in [-0.2, -0.15) is 9.61 Å². The summed E-state index contributed by atoms with van der Waals surface area (Å²) in [6.07, 6.45) is 5.36. The van der Waals surface area contributed by atoms with E-state index < -0.39 is 5.82 Å². The van der Waals surface area contributed by atoms with Crippen molar-refractivity contribution >= 4 is 21.9 Å². The summed E-state index contributed by atoms with van der Waals surface area (Å²) in [4.78, 5) is 22.2. The van der Waals surface area contributed by atoms with Gasteiger partial charge in [0.2, 0.25) is 4.96 Å². The fourth-order valence-corrected chi connectivity index (χ4v) is 5.96. The summed E-state index contributed by atoms with van der Waals surface area (Å²) in [7, 11) is 0. The molecule has 0 atom stereocenters. The molecular weight excluding hydrogens is 415 g/mol. The molecule has 1 N–H and O–H groups in total. The number of nitrogens with zero attached hydrogens (tertiary/aromatic N) is 5. The molecule has 1 aliphatic rings. The quantitative estimate of drug-likeness (QED) is 0.511. The van der Waals surface area contributed by atoms with Crippen LogP contribution in [0.5, 0.6) is 0 Å². The third-order valence-corrected chi connectivity index (χ3v) is 6.79. The number of pyridine rings is 1. The van der Waals surface area contributed by atoms with E-state index in [1.54, 1.807) is 16.8 Å². The fourth-order valence-electron chi connectivity index (χ4n) is 4.95. The molecule has 4 aromatic heterocycles. The molecule has 5 heterocycles. The van der Waals surface area contributed by atoms with Gasteiger partial charge in [-0.05, 0) is 53.5 Å². The van der Waals surface area contributed by atoms with Gasteiger partial charge >= 0.3 is 0 Å². The van der Waals surface area contributed by atoms with Crippen molar-refractivity contribution in [1.29, 1.82) is 0 Å². The number of nitrogens with one attached hydrogen (secondary N) is 1. The number of hydrogen-bond donors (Lipinski definition) is 1. The van der Waals surface area contributed by atoms with Crippen molar-refractivity contribution in [3.8, 4) is 11.3 Å². The molecule has 1 aliphatic heterocycles. The lowest BCUT2D eigenvalue weighted by atomic mass is 9.76. The van der Waals surface area contributed by atoms with Gasteiger partial charge in [-0.15, -0.1) is 0 Å². The monoisotopic (exact) mass is 440 g/mol. The van der Waals surface area contributed by atoms with Crippen molar-refractivity contribution in [2.45, 2.75) is 64.5 Å². The minimum absolute atomic E-state index is 0.0241. The molecule has 0 bridgehead atoms. The predicted octanol–water partition coefficient (Wildman–Crippen LogP) is 3.94. The van der Waals surface area contributed by atoms with Crippen LogP contribution in [0.15, 0.2) is 29.3 Å². The van der Waals surface area contributed by atoms with E-state index >= 15 is 0 Å². The van der Waals surface area contributed by atoms with Gasteiger partial charge < -0.3 is 9.72 Å². The average molecular weight is 441 g/mol. The van der Waals surface area contributed by atoms with Gasteiger partial charge in [-0.25, -0.2) is 14.4 Å². The minimum atomic E-state index is -0.447. The third-order valence-electron chi connectivity index (χ3n) is 5.72. The number of halogens is 1. The zero-order valence-corrected chi connectivity index (χ0v) is 19.0. The minimum Gasteiger partial charge on any atom is -0.307 e. The highest BCUT2D eigenvalue weighted by Gasteiger charge is 2.39. The predicted molar refractivity (Wildman–Crippen MR) is 119 cm³/mol. The zero-order chi connectivity index (χ0) is 22.1. The van der Waals surface area contributed by atoms with Crippen molar-refractivity contribution in [3.05, 3.63) is 51.4 Å². The largest absolute Gasteiger partial charge is 0.307 e. The van der Waals surface area contributed by atoms with Crippen LogP contribution >= 0.6 is 11.3 Å². The van der Waals surface area contributed by atoms with Crippen LogP contribution in [0.2, 0.25) is 0 Å². The summed E-state index contributed by atoms with van der Waals surface area (Å²) >= 11 is 1.44. The summed E-state index contributed by atoms with van der Waals surface area (Å²) in [5.41, 5.74) is 1.62. The molecule has 0 aromatic carbocycles. The lowest BCUT2D eigenvalue weighted by Gasteiger charge is -2.45. The average Bonchev–Trinajstić information content (AvgIpc) is 3.22. The highest BCUT2D eigenvalue weighted by atomic mass is 32.1. The molecule has 0 saturated carbocycles. The van der Waals surface area contributed by atoms with Gasteiger partial charge in [-0.1, -0.05) is 11.3 Å². The highest BCUT2D eigenvalue weighted by molar-refractivity contribution is 7.16. The van der Waals surface area contributed by atoms with E-state index in [1.165, 1.54) is 28.0 Å². The second-order valence-electron chi connectivity index (χ2n) is 9.80. The number of hydrogen-bond acceptors (Lipinski definition) is 6. The van der Waals surface area contributed by atoms with Crippen molar-refractivity contribution in [2.24, 2.45) is 0 Å². The summed E-state index contributed by atoms with van der Waals surface area (Å²) in [6, 6.07) is 2.79. The van der Waals surface area contributed by atoms with Gasteiger partial charge in [0.15, 0.2) is 11.5 Å². The Morgan fingerprint density at radius 3 is 2.55 bits per heavy atom. The van der Waals surface area contributed by atoms with E-state index in [0.29, 0.717) is 16.2 Å². The van der Waals surface area contributed by atoms with E-state index in [9.17, 15) is 9.18 Å². The molecule has 31 heavy (non-hydrogen) atoms. The van der Waals surface area contributed by atoms with Gasteiger partial charge in [0.25, 0.3) is 5.56 Å². The van der Waals surface area contributed by atoms with Crippen molar-refractivity contribution < 1.29 is 4.39 Å². The summed E-state index contributed by atoms with van der Waals surface area (Å²) < 4.78 is 17.5. The van der Waals surface area contributed by atoms with Gasteiger partial charge in [0, 0.05) is 41.0 Å². The zero-order valence-electron chi connectivity index (χ0n) is 18.2. The van der Waals surface area contributed by atoms with Crippen molar-refractivity contribution in [1.82, 2.24) is 29.3 Å². The lowest BCUT2D eigenvalue weighted by Crippen LogP contribution is -2.57. The van der Waals surface area contributed by atoms with Crippen LogP contribution < -0.4 is 10.9 Å². The normalized spacial score (nSPS) is 18.8. The van der Waals surface area contributed by atoms with Crippen molar-refractivity contribution in [3.63, 3.8) is 0 Å². The SMILES string of the molecule is Cc1cn2cc(-c3cc(=O)n4nc(C5CC(C)(C)NC(C)(C)C5)sc4n3)cc(F)c2n1. The molecule has 0 radical (unpaired) electrons. The molecule has 7 nitrogen and oxygen atoms in total. The number of rotatable bonds is 2. The molecule has 1 saturated heterocycles. The Balaban J connectivity index is 1.59. The second kappa shape index (κ2) is 6.67. The number of aryl methyl sites for hydroxylation is 1. The maximum absolute atomic E-state index is 14.5. The van der Waals surface area contributed by atoms with Gasteiger partial charge in [-0.3, -0.25) is 4.79 Å². The van der Waals surface area contributed by atoms with E-state index in [-0.39, 0.29) is 28.2 Å². The number of aromatic nitrogens is 5. The first-order valence-electron chi connectivity index (χ1n) is 10.4. The molecule has 9 heteroatoms. The Labute approximate surface area is 183 Å². The standard InChI is InChI=1S/C22H25FN6OS/c1-12-10-28-11-13(6-15(23)18(28)24-12)16-7-17(30)29-20(25-16)31-19(26-29)14-8-21(2,3)27-22(4,5)9-14/h6-7,10-11,14,27H,8-9H2,1-5H3. The maximum atomic E-state index is 14.5. The Morgan fingerprint density at radius 1 is 1.13 bits per heavy atom. The fraction of sp³-hybridized carbons (Fsp3) is 0.455. The van der Waals surface area contributed by atoms with E-state index in [2.05, 4.69) is 48.1 Å². The Hall–Kier alpha value is -2.65. The number of fused-ring (bicyclic) bond motifs is 2. The smallest absolute Gasteiger partial charge is 0.275 e. The molecular formula is C22H25FN6OS. The summed E-state index contributed by atoms with van der Waals surface area (Å²) in [5.74, 6) is -0.208. The molecule has 1 fully saturated rings. The van der Waals surface area contributed by atoms with Crippen LogP contribution in [0.4, 0.5) is 4.39 Å². The molecule has 0 aliphatic carbocycles. The van der Waals surface area contributed by atoms with Crippen LogP contribution in [0.3, 0.4) is 0 Å². The van der Waals surface area contributed by atoms with Gasteiger partial charge in [0.1, 0.15) is 5.01 Å². The van der Waals surface area contributed by atoms with E-state index in [1.807, 2.05) is 6.92 Å². The molecule has 0 unspecified atom stereocenters. The van der Waals surface area contributed by atoms with Crippen molar-refractivity contribution in [2.75, 3.05) is 0 Å². The first kappa shape index (κ1) is 20.3. The molecule has 5 rings (SSSR count).